The van der Waals surface area contributed by atoms with Crippen LogP contribution in [0.25, 0.3) is 0 Å². The van der Waals surface area contributed by atoms with Crippen molar-refractivity contribution in [1.82, 2.24) is 19.9 Å². The average Bonchev–Trinajstić information content (AvgIpc) is 3.61. The van der Waals surface area contributed by atoms with E-state index in [1.165, 1.54) is 11.3 Å². The van der Waals surface area contributed by atoms with Gasteiger partial charge in [-0.2, -0.15) is 0 Å². The summed E-state index contributed by atoms with van der Waals surface area (Å²) in [7, 11) is 0. The van der Waals surface area contributed by atoms with E-state index in [1.807, 2.05) is 29.6 Å². The van der Waals surface area contributed by atoms with Gasteiger partial charge in [-0.25, -0.2) is 9.48 Å². The third kappa shape index (κ3) is 5.18. The fourth-order valence-electron chi connectivity index (χ4n) is 4.33. The quantitative estimate of drug-likeness (QED) is 0.373. The molecule has 0 aliphatic carbocycles. The molecule has 0 spiro atoms. The molecular formula is C26H23ClN4O4S. The predicted octanol–water partition coefficient (Wildman–Crippen LogP) is 4.54. The largest absolute Gasteiger partial charge is 0.455 e. The van der Waals surface area contributed by atoms with Gasteiger partial charge < -0.3 is 14.7 Å². The molecular weight excluding hydrogens is 500 g/mol. The van der Waals surface area contributed by atoms with Crippen molar-refractivity contribution in [2.24, 2.45) is 0 Å². The maximum absolute atomic E-state index is 13.4. The highest BCUT2D eigenvalue weighted by Gasteiger charge is 2.40. The standard InChI is InChI=1S/C26H23ClN4O4S/c27-19-10-8-17(9-11-19)21-13-23(32)22(15-30(21)25(33)24-7-4-12-36-24)31-14-20(28-29-31)16-35-26(34)18-5-2-1-3-6-18/h1-12,14,21-23,32H,13,15-16H2/t21-,22+,23-/m1/s1. The molecule has 5 rings (SSSR count). The van der Waals surface area contributed by atoms with Crippen LogP contribution in [0, 0.1) is 0 Å². The van der Waals surface area contributed by atoms with Gasteiger partial charge in [-0.3, -0.25) is 4.79 Å². The van der Waals surface area contributed by atoms with Gasteiger partial charge in [-0.1, -0.05) is 53.2 Å². The molecule has 1 amide bonds. The summed E-state index contributed by atoms with van der Waals surface area (Å²) >= 11 is 7.44. The number of esters is 1. The number of nitrogens with zero attached hydrogens (tertiary/aromatic N) is 4. The monoisotopic (exact) mass is 522 g/mol. The van der Waals surface area contributed by atoms with E-state index in [2.05, 4.69) is 10.3 Å². The number of carbonyl (C=O) groups is 2. The maximum Gasteiger partial charge on any atom is 0.338 e. The SMILES string of the molecule is O=C(OCc1cn([C@H]2CN(C(=O)c3cccs3)[C@@H](c3ccc(Cl)cc3)C[C@H]2O)nn1)c1ccccc1. The fraction of sp³-hybridized carbons (Fsp3) is 0.231. The number of hydrogen-bond donors (Lipinski definition) is 1. The van der Waals surface area contributed by atoms with E-state index in [4.69, 9.17) is 16.3 Å². The molecule has 0 bridgehead atoms. The van der Waals surface area contributed by atoms with Crippen LogP contribution < -0.4 is 0 Å². The number of halogens is 1. The number of amides is 1. The maximum atomic E-state index is 13.4. The molecule has 8 nitrogen and oxygen atoms in total. The minimum atomic E-state index is -0.778. The summed E-state index contributed by atoms with van der Waals surface area (Å²) in [5, 5.41) is 21.8. The lowest BCUT2D eigenvalue weighted by Crippen LogP contribution is -2.48. The molecule has 1 saturated heterocycles. The Hall–Kier alpha value is -3.53. The Morgan fingerprint density at radius 1 is 1.08 bits per heavy atom. The number of carbonyl (C=O) groups excluding carboxylic acids is 2. The molecule has 36 heavy (non-hydrogen) atoms. The Bertz CT molecular complexity index is 1330. The number of aliphatic hydroxyl groups is 1. The first-order valence-electron chi connectivity index (χ1n) is 11.4. The molecule has 0 radical (unpaired) electrons. The molecule has 10 heteroatoms. The Morgan fingerprint density at radius 2 is 1.86 bits per heavy atom. The van der Waals surface area contributed by atoms with E-state index in [-0.39, 0.29) is 25.1 Å². The van der Waals surface area contributed by atoms with Crippen molar-refractivity contribution in [1.29, 1.82) is 0 Å². The summed E-state index contributed by atoms with van der Waals surface area (Å²) in [6.07, 6.45) is 1.18. The van der Waals surface area contributed by atoms with Crippen LogP contribution in [0.3, 0.4) is 0 Å². The van der Waals surface area contributed by atoms with Gasteiger partial charge in [0, 0.05) is 18.0 Å². The van der Waals surface area contributed by atoms with Crippen molar-refractivity contribution in [3.05, 3.63) is 105 Å². The molecule has 2 aromatic carbocycles. The number of ether oxygens (including phenoxy) is 1. The summed E-state index contributed by atoms with van der Waals surface area (Å²) in [4.78, 5) is 28.1. The second-order valence-corrected chi connectivity index (χ2v) is 9.89. The Morgan fingerprint density at radius 3 is 2.58 bits per heavy atom. The Balaban J connectivity index is 1.34. The van der Waals surface area contributed by atoms with Gasteiger partial charge in [-0.05, 0) is 41.3 Å². The average molecular weight is 523 g/mol. The molecule has 3 atom stereocenters. The zero-order chi connectivity index (χ0) is 25.1. The Labute approximate surface area is 216 Å². The minimum absolute atomic E-state index is 0.0538. The fourth-order valence-corrected chi connectivity index (χ4v) is 5.13. The van der Waals surface area contributed by atoms with Gasteiger partial charge in [0.2, 0.25) is 0 Å². The number of likely N-dealkylation sites (tertiary alicyclic amines) is 1. The number of rotatable bonds is 6. The van der Waals surface area contributed by atoms with Gasteiger partial charge in [0.05, 0.1) is 34.8 Å². The summed E-state index contributed by atoms with van der Waals surface area (Å²) in [5.74, 6) is -0.569. The van der Waals surface area contributed by atoms with Gasteiger partial charge in [-0.15, -0.1) is 16.4 Å². The highest BCUT2D eigenvalue weighted by Crippen LogP contribution is 2.37. The smallest absolute Gasteiger partial charge is 0.338 e. The normalized spacial score (nSPS) is 19.7. The molecule has 1 aliphatic rings. The first kappa shape index (κ1) is 24.2. The zero-order valence-electron chi connectivity index (χ0n) is 19.1. The third-order valence-electron chi connectivity index (χ3n) is 6.17. The van der Waals surface area contributed by atoms with Crippen molar-refractivity contribution in [2.45, 2.75) is 31.2 Å². The van der Waals surface area contributed by atoms with E-state index < -0.39 is 18.1 Å². The van der Waals surface area contributed by atoms with Crippen LogP contribution >= 0.6 is 22.9 Å². The minimum Gasteiger partial charge on any atom is -0.455 e. The van der Waals surface area contributed by atoms with Crippen LogP contribution in [0.4, 0.5) is 0 Å². The first-order chi connectivity index (χ1) is 17.5. The second-order valence-electron chi connectivity index (χ2n) is 8.50. The van der Waals surface area contributed by atoms with Crippen LogP contribution in [0.2, 0.25) is 5.02 Å². The van der Waals surface area contributed by atoms with Gasteiger partial charge >= 0.3 is 5.97 Å². The van der Waals surface area contributed by atoms with E-state index in [1.54, 1.807) is 58.2 Å². The first-order valence-corrected chi connectivity index (χ1v) is 12.7. The summed E-state index contributed by atoms with van der Waals surface area (Å²) in [6.45, 7) is 0.180. The summed E-state index contributed by atoms with van der Waals surface area (Å²) < 4.78 is 6.89. The molecule has 1 aliphatic heterocycles. The molecule has 184 valence electrons. The highest BCUT2D eigenvalue weighted by atomic mass is 35.5. The molecule has 2 aromatic heterocycles. The van der Waals surface area contributed by atoms with Gasteiger partial charge in [0.1, 0.15) is 12.3 Å². The zero-order valence-corrected chi connectivity index (χ0v) is 20.7. The topological polar surface area (TPSA) is 97.5 Å². The van der Waals surface area contributed by atoms with Crippen molar-refractivity contribution in [3.8, 4) is 0 Å². The van der Waals surface area contributed by atoms with Crippen LogP contribution in [0.5, 0.6) is 0 Å². The van der Waals surface area contributed by atoms with Crippen molar-refractivity contribution in [3.63, 3.8) is 0 Å². The third-order valence-corrected chi connectivity index (χ3v) is 7.28. The van der Waals surface area contributed by atoms with E-state index in [0.717, 1.165) is 5.56 Å². The van der Waals surface area contributed by atoms with Crippen LogP contribution in [-0.2, 0) is 11.3 Å². The molecule has 0 unspecified atom stereocenters. The number of hydrogen-bond acceptors (Lipinski definition) is 7. The van der Waals surface area contributed by atoms with Crippen molar-refractivity contribution >= 4 is 34.8 Å². The molecule has 1 fully saturated rings. The highest BCUT2D eigenvalue weighted by molar-refractivity contribution is 7.12. The van der Waals surface area contributed by atoms with E-state index >= 15 is 0 Å². The van der Waals surface area contributed by atoms with Crippen LogP contribution in [0.15, 0.2) is 78.3 Å². The number of aromatic nitrogens is 3. The number of thiophene rings is 1. The number of piperidine rings is 1. The number of aliphatic hydroxyl groups excluding tert-OH is 1. The lowest BCUT2D eigenvalue weighted by Gasteiger charge is -2.42. The van der Waals surface area contributed by atoms with E-state index in [0.29, 0.717) is 27.6 Å². The van der Waals surface area contributed by atoms with Crippen molar-refractivity contribution < 1.29 is 19.4 Å². The van der Waals surface area contributed by atoms with E-state index in [9.17, 15) is 14.7 Å². The van der Waals surface area contributed by atoms with Gasteiger partial charge in [0.15, 0.2) is 0 Å². The molecule has 4 aromatic rings. The van der Waals surface area contributed by atoms with Crippen LogP contribution in [-0.4, -0.2) is 49.5 Å². The van der Waals surface area contributed by atoms with Crippen molar-refractivity contribution in [2.75, 3.05) is 6.54 Å². The second kappa shape index (κ2) is 10.6. The Kier molecular flexibility index (Phi) is 7.13. The lowest BCUT2D eigenvalue weighted by molar-refractivity contribution is -0.00170. The molecule has 1 N–H and O–H groups in total. The number of benzene rings is 2. The summed E-state index contributed by atoms with van der Waals surface area (Å²) in [5.41, 5.74) is 1.79. The molecule has 3 heterocycles. The van der Waals surface area contributed by atoms with Gasteiger partial charge in [0.25, 0.3) is 5.91 Å². The molecule has 0 saturated carbocycles. The predicted molar refractivity (Wildman–Crippen MR) is 135 cm³/mol. The van der Waals surface area contributed by atoms with Crippen LogP contribution in [0.1, 0.15) is 49.8 Å². The lowest BCUT2D eigenvalue weighted by atomic mass is 9.90. The summed E-state index contributed by atoms with van der Waals surface area (Å²) in [6, 6.07) is 18.8.